The lowest BCUT2D eigenvalue weighted by atomic mass is 10.1. The zero-order valence-electron chi connectivity index (χ0n) is 11.1. The normalized spacial score (nSPS) is 13.9. The zero-order valence-corrected chi connectivity index (χ0v) is 11.1. The van der Waals surface area contributed by atoms with Crippen molar-refractivity contribution in [1.82, 2.24) is 10.6 Å². The van der Waals surface area contributed by atoms with E-state index in [1.807, 2.05) is 13.8 Å². The molecule has 0 spiro atoms. The third-order valence-corrected chi connectivity index (χ3v) is 2.59. The van der Waals surface area contributed by atoms with Crippen molar-refractivity contribution in [3.8, 4) is 0 Å². The fraction of sp³-hybridized carbons (Fsp3) is 0.833. The summed E-state index contributed by atoms with van der Waals surface area (Å²) >= 11 is 0. The Hall–Kier alpha value is -1.10. The van der Waals surface area contributed by atoms with Crippen molar-refractivity contribution in [2.45, 2.75) is 46.1 Å². The van der Waals surface area contributed by atoms with Crippen molar-refractivity contribution < 1.29 is 9.59 Å². The highest BCUT2D eigenvalue weighted by molar-refractivity contribution is 5.87. The summed E-state index contributed by atoms with van der Waals surface area (Å²) in [5.74, 6) is 0.112. The highest BCUT2D eigenvalue weighted by atomic mass is 16.2. The Balaban J connectivity index is 3.82. The number of amides is 2. The zero-order chi connectivity index (χ0) is 13.3. The standard InChI is InChI=1S/C12H25N3O2/c1-4-7-14-12(17)10(3)15-11(16)6-5-9(2)8-13/h9-10H,4-8,13H2,1-3H3,(H,14,17)(H,15,16). The quantitative estimate of drug-likeness (QED) is 0.576. The van der Waals surface area contributed by atoms with E-state index in [0.29, 0.717) is 25.4 Å². The lowest BCUT2D eigenvalue weighted by molar-refractivity contribution is -0.128. The van der Waals surface area contributed by atoms with Crippen molar-refractivity contribution in [2.24, 2.45) is 11.7 Å². The summed E-state index contributed by atoms with van der Waals surface area (Å²) in [5.41, 5.74) is 5.47. The molecular weight excluding hydrogens is 218 g/mol. The van der Waals surface area contributed by atoms with Gasteiger partial charge in [-0.15, -0.1) is 0 Å². The van der Waals surface area contributed by atoms with Gasteiger partial charge in [0.05, 0.1) is 0 Å². The smallest absolute Gasteiger partial charge is 0.242 e. The van der Waals surface area contributed by atoms with Crippen molar-refractivity contribution in [3.63, 3.8) is 0 Å². The summed E-state index contributed by atoms with van der Waals surface area (Å²) in [6, 6.07) is -0.470. The van der Waals surface area contributed by atoms with Gasteiger partial charge in [0.25, 0.3) is 0 Å². The summed E-state index contributed by atoms with van der Waals surface area (Å²) in [6.07, 6.45) is 2.07. The van der Waals surface area contributed by atoms with E-state index < -0.39 is 6.04 Å². The highest BCUT2D eigenvalue weighted by Crippen LogP contribution is 2.02. The molecule has 0 aliphatic carbocycles. The van der Waals surface area contributed by atoms with Gasteiger partial charge >= 0.3 is 0 Å². The molecule has 17 heavy (non-hydrogen) atoms. The van der Waals surface area contributed by atoms with E-state index in [1.165, 1.54) is 0 Å². The second-order valence-corrected chi connectivity index (χ2v) is 4.46. The van der Waals surface area contributed by atoms with Gasteiger partial charge in [-0.1, -0.05) is 13.8 Å². The molecule has 0 radical (unpaired) electrons. The predicted molar refractivity (Wildman–Crippen MR) is 68.4 cm³/mol. The largest absolute Gasteiger partial charge is 0.354 e. The molecule has 2 amide bonds. The minimum atomic E-state index is -0.470. The van der Waals surface area contributed by atoms with Crippen LogP contribution in [0, 0.1) is 5.92 Å². The number of rotatable bonds is 8. The third-order valence-electron chi connectivity index (χ3n) is 2.59. The number of nitrogens with two attached hydrogens (primary N) is 1. The van der Waals surface area contributed by atoms with Gasteiger partial charge in [-0.25, -0.2) is 0 Å². The molecular formula is C12H25N3O2. The molecule has 0 aromatic heterocycles. The van der Waals surface area contributed by atoms with E-state index >= 15 is 0 Å². The van der Waals surface area contributed by atoms with Crippen molar-refractivity contribution in [3.05, 3.63) is 0 Å². The SMILES string of the molecule is CCCNC(=O)C(C)NC(=O)CCC(C)CN. The van der Waals surface area contributed by atoms with Crippen LogP contribution in [-0.4, -0.2) is 30.9 Å². The Morgan fingerprint density at radius 3 is 2.47 bits per heavy atom. The maximum atomic E-state index is 11.5. The van der Waals surface area contributed by atoms with Crippen LogP contribution < -0.4 is 16.4 Å². The van der Waals surface area contributed by atoms with E-state index in [0.717, 1.165) is 12.8 Å². The van der Waals surface area contributed by atoms with Crippen LogP contribution in [-0.2, 0) is 9.59 Å². The lowest BCUT2D eigenvalue weighted by Crippen LogP contribution is -2.45. The van der Waals surface area contributed by atoms with Gasteiger partial charge in [-0.3, -0.25) is 9.59 Å². The van der Waals surface area contributed by atoms with Crippen LogP contribution in [0.25, 0.3) is 0 Å². The van der Waals surface area contributed by atoms with Gasteiger partial charge in [0.1, 0.15) is 6.04 Å². The Morgan fingerprint density at radius 2 is 1.94 bits per heavy atom. The van der Waals surface area contributed by atoms with E-state index in [2.05, 4.69) is 10.6 Å². The van der Waals surface area contributed by atoms with Gasteiger partial charge in [0, 0.05) is 13.0 Å². The molecule has 2 unspecified atom stereocenters. The number of nitrogens with one attached hydrogen (secondary N) is 2. The minimum absolute atomic E-state index is 0.0931. The van der Waals surface area contributed by atoms with Gasteiger partial charge in [-0.05, 0) is 32.2 Å². The van der Waals surface area contributed by atoms with Gasteiger partial charge in [0.15, 0.2) is 0 Å². The summed E-state index contributed by atoms with van der Waals surface area (Å²) in [5, 5.41) is 5.42. The summed E-state index contributed by atoms with van der Waals surface area (Å²) in [6.45, 7) is 6.90. The molecule has 0 aliphatic heterocycles. The van der Waals surface area contributed by atoms with Crippen molar-refractivity contribution in [2.75, 3.05) is 13.1 Å². The summed E-state index contributed by atoms with van der Waals surface area (Å²) in [7, 11) is 0. The maximum absolute atomic E-state index is 11.5. The molecule has 0 aliphatic rings. The number of carbonyl (C=O) groups excluding carboxylic acids is 2. The molecule has 0 bridgehead atoms. The molecule has 0 saturated heterocycles. The van der Waals surface area contributed by atoms with Crippen LogP contribution >= 0.6 is 0 Å². The average molecular weight is 243 g/mol. The number of hydrogen-bond acceptors (Lipinski definition) is 3. The Kier molecular flexibility index (Phi) is 8.40. The molecule has 2 atom stereocenters. The molecule has 0 rings (SSSR count). The Bertz CT molecular complexity index is 244. The van der Waals surface area contributed by atoms with E-state index in [-0.39, 0.29) is 11.8 Å². The van der Waals surface area contributed by atoms with Crippen LogP contribution in [0.5, 0.6) is 0 Å². The molecule has 0 heterocycles. The summed E-state index contributed by atoms with van der Waals surface area (Å²) < 4.78 is 0. The molecule has 0 fully saturated rings. The van der Waals surface area contributed by atoms with Crippen LogP contribution in [0.4, 0.5) is 0 Å². The van der Waals surface area contributed by atoms with Crippen molar-refractivity contribution in [1.29, 1.82) is 0 Å². The van der Waals surface area contributed by atoms with Gasteiger partial charge < -0.3 is 16.4 Å². The fourth-order valence-electron chi connectivity index (χ4n) is 1.28. The Labute approximate surface area is 104 Å². The Morgan fingerprint density at radius 1 is 1.29 bits per heavy atom. The fourth-order valence-corrected chi connectivity index (χ4v) is 1.28. The topological polar surface area (TPSA) is 84.2 Å². The molecule has 4 N–H and O–H groups in total. The van der Waals surface area contributed by atoms with Crippen LogP contribution in [0.15, 0.2) is 0 Å². The first-order valence-corrected chi connectivity index (χ1v) is 6.28. The van der Waals surface area contributed by atoms with Crippen molar-refractivity contribution >= 4 is 11.8 Å². The molecule has 0 aromatic rings. The summed E-state index contributed by atoms with van der Waals surface area (Å²) in [4.78, 5) is 23.0. The van der Waals surface area contributed by atoms with Gasteiger partial charge in [0.2, 0.25) is 11.8 Å². The average Bonchev–Trinajstić information content (AvgIpc) is 2.32. The second kappa shape index (κ2) is 8.98. The first kappa shape index (κ1) is 15.9. The second-order valence-electron chi connectivity index (χ2n) is 4.46. The molecule has 0 saturated carbocycles. The molecule has 5 heteroatoms. The van der Waals surface area contributed by atoms with Gasteiger partial charge in [-0.2, -0.15) is 0 Å². The van der Waals surface area contributed by atoms with E-state index in [9.17, 15) is 9.59 Å². The third kappa shape index (κ3) is 7.74. The first-order valence-electron chi connectivity index (χ1n) is 6.28. The molecule has 5 nitrogen and oxygen atoms in total. The monoisotopic (exact) mass is 243 g/mol. The predicted octanol–water partition coefficient (Wildman–Crippen LogP) is 0.392. The highest BCUT2D eigenvalue weighted by Gasteiger charge is 2.14. The first-order chi connectivity index (χ1) is 8.01. The maximum Gasteiger partial charge on any atom is 0.242 e. The van der Waals surface area contributed by atoms with Crippen LogP contribution in [0.1, 0.15) is 40.0 Å². The minimum Gasteiger partial charge on any atom is -0.354 e. The lowest BCUT2D eigenvalue weighted by Gasteiger charge is -2.14. The van der Waals surface area contributed by atoms with Crippen LogP contribution in [0.2, 0.25) is 0 Å². The molecule has 0 aromatic carbocycles. The van der Waals surface area contributed by atoms with Crippen LogP contribution in [0.3, 0.4) is 0 Å². The molecule has 100 valence electrons. The number of carbonyl (C=O) groups is 2. The van der Waals surface area contributed by atoms with E-state index in [1.54, 1.807) is 6.92 Å². The van der Waals surface area contributed by atoms with E-state index in [4.69, 9.17) is 5.73 Å². The number of hydrogen-bond donors (Lipinski definition) is 3.